The van der Waals surface area contributed by atoms with E-state index in [4.69, 9.17) is 5.73 Å². The Morgan fingerprint density at radius 2 is 1.96 bits per heavy atom. The van der Waals surface area contributed by atoms with Crippen molar-refractivity contribution in [3.8, 4) is 0 Å². The van der Waals surface area contributed by atoms with Gasteiger partial charge in [-0.05, 0) is 24.8 Å². The van der Waals surface area contributed by atoms with Gasteiger partial charge in [0.1, 0.15) is 0 Å². The van der Waals surface area contributed by atoms with Gasteiger partial charge in [-0.2, -0.15) is 0 Å². The largest absolute Gasteiger partial charge is 0.370 e. The predicted molar refractivity (Wildman–Crippen MR) is 87.4 cm³/mol. The van der Waals surface area contributed by atoms with E-state index >= 15 is 0 Å². The van der Waals surface area contributed by atoms with Crippen molar-refractivity contribution in [2.45, 2.75) is 44.3 Å². The van der Waals surface area contributed by atoms with Crippen molar-refractivity contribution < 1.29 is 8.78 Å². The highest BCUT2D eigenvalue weighted by atomic mass is 19.3. The third-order valence-electron chi connectivity index (χ3n) is 4.62. The standard InChI is InChI=1S/C17H24F2N4/c18-16(19)14-10-15(14)22-17(20)21-13-6-8-23(9-7-13)11-12-4-2-1-3-5-12/h1-5,13-16H,6-11H2,(H3,20,21,22)/t14-,15-/m0/s1. The SMILES string of the molecule is NC(=N[C@H]1C[C@@H]1C(F)F)NC1CCN(Cc2ccccc2)CC1. The molecule has 2 atom stereocenters. The molecule has 126 valence electrons. The molecule has 3 N–H and O–H groups in total. The quantitative estimate of drug-likeness (QED) is 0.645. The van der Waals surface area contributed by atoms with Gasteiger partial charge < -0.3 is 11.1 Å². The zero-order valence-corrected chi connectivity index (χ0v) is 13.2. The van der Waals surface area contributed by atoms with Gasteiger partial charge in [-0.15, -0.1) is 0 Å². The lowest BCUT2D eigenvalue weighted by Crippen LogP contribution is -2.47. The van der Waals surface area contributed by atoms with Crippen molar-refractivity contribution in [3.63, 3.8) is 0 Å². The molecule has 6 heteroatoms. The zero-order valence-electron chi connectivity index (χ0n) is 13.2. The van der Waals surface area contributed by atoms with E-state index in [0.29, 0.717) is 12.4 Å². The summed E-state index contributed by atoms with van der Waals surface area (Å²) in [7, 11) is 0. The highest BCUT2D eigenvalue weighted by molar-refractivity contribution is 5.78. The van der Waals surface area contributed by atoms with E-state index in [1.54, 1.807) is 0 Å². The minimum absolute atomic E-state index is 0.287. The topological polar surface area (TPSA) is 53.6 Å². The van der Waals surface area contributed by atoms with E-state index in [0.717, 1.165) is 32.5 Å². The van der Waals surface area contributed by atoms with Crippen LogP contribution >= 0.6 is 0 Å². The van der Waals surface area contributed by atoms with Crippen molar-refractivity contribution in [3.05, 3.63) is 35.9 Å². The molecule has 23 heavy (non-hydrogen) atoms. The summed E-state index contributed by atoms with van der Waals surface area (Å²) in [4.78, 5) is 6.59. The average Bonchev–Trinajstić information content (AvgIpc) is 3.29. The van der Waals surface area contributed by atoms with Crippen molar-refractivity contribution in [2.75, 3.05) is 13.1 Å². The molecule has 1 aliphatic heterocycles. The molecule has 0 spiro atoms. The van der Waals surface area contributed by atoms with Gasteiger partial charge in [0, 0.05) is 31.6 Å². The lowest BCUT2D eigenvalue weighted by molar-refractivity contribution is 0.121. The number of halogens is 2. The predicted octanol–water partition coefficient (Wildman–Crippen LogP) is 2.21. The Morgan fingerprint density at radius 3 is 2.57 bits per heavy atom. The van der Waals surface area contributed by atoms with E-state index in [1.807, 2.05) is 6.07 Å². The van der Waals surface area contributed by atoms with Crippen LogP contribution in [0.15, 0.2) is 35.3 Å². The summed E-state index contributed by atoms with van der Waals surface area (Å²) in [5.74, 6) is -0.275. The van der Waals surface area contributed by atoms with Gasteiger partial charge in [0.05, 0.1) is 6.04 Å². The Hall–Kier alpha value is -1.69. The van der Waals surface area contributed by atoms with Crippen LogP contribution in [0.1, 0.15) is 24.8 Å². The highest BCUT2D eigenvalue weighted by Gasteiger charge is 2.44. The lowest BCUT2D eigenvalue weighted by Gasteiger charge is -2.32. The molecule has 1 heterocycles. The maximum atomic E-state index is 12.5. The van der Waals surface area contributed by atoms with E-state index < -0.39 is 12.3 Å². The summed E-state index contributed by atoms with van der Waals surface area (Å²) in [5.41, 5.74) is 7.17. The molecule has 0 unspecified atom stereocenters. The smallest absolute Gasteiger partial charge is 0.243 e. The Morgan fingerprint density at radius 1 is 1.26 bits per heavy atom. The van der Waals surface area contributed by atoms with Gasteiger partial charge in [-0.1, -0.05) is 30.3 Å². The second-order valence-corrected chi connectivity index (χ2v) is 6.50. The van der Waals surface area contributed by atoms with Crippen LogP contribution in [0.4, 0.5) is 8.78 Å². The van der Waals surface area contributed by atoms with Crippen molar-refractivity contribution in [1.82, 2.24) is 10.2 Å². The van der Waals surface area contributed by atoms with Gasteiger partial charge in [0.15, 0.2) is 5.96 Å². The van der Waals surface area contributed by atoms with Crippen LogP contribution in [0.3, 0.4) is 0 Å². The fourth-order valence-electron chi connectivity index (χ4n) is 3.12. The molecule has 1 aliphatic carbocycles. The maximum absolute atomic E-state index is 12.5. The molecule has 0 amide bonds. The summed E-state index contributed by atoms with van der Waals surface area (Å²) in [6, 6.07) is 10.4. The van der Waals surface area contributed by atoms with Crippen LogP contribution < -0.4 is 11.1 Å². The van der Waals surface area contributed by atoms with E-state index in [2.05, 4.69) is 39.5 Å². The number of alkyl halides is 2. The Bertz CT molecular complexity index is 527. The number of piperidine rings is 1. The summed E-state index contributed by atoms with van der Waals surface area (Å²) < 4.78 is 24.9. The van der Waals surface area contributed by atoms with Gasteiger partial charge in [0.2, 0.25) is 6.43 Å². The fourth-order valence-corrected chi connectivity index (χ4v) is 3.12. The minimum atomic E-state index is -2.28. The molecule has 1 aromatic carbocycles. The Balaban J connectivity index is 1.40. The number of guanidine groups is 1. The summed E-state index contributed by atoms with van der Waals surface area (Å²) >= 11 is 0. The number of rotatable bonds is 5. The second-order valence-electron chi connectivity index (χ2n) is 6.50. The fraction of sp³-hybridized carbons (Fsp3) is 0.588. The van der Waals surface area contributed by atoms with Crippen molar-refractivity contribution >= 4 is 5.96 Å². The summed E-state index contributed by atoms with van der Waals surface area (Å²) in [6.45, 7) is 2.97. The number of likely N-dealkylation sites (tertiary alicyclic amines) is 1. The van der Waals surface area contributed by atoms with Gasteiger partial charge in [-0.25, -0.2) is 13.8 Å². The molecule has 0 bridgehead atoms. The van der Waals surface area contributed by atoms with Crippen LogP contribution in [0.25, 0.3) is 0 Å². The second kappa shape index (κ2) is 7.25. The normalized spacial score (nSPS) is 26.5. The molecular weight excluding hydrogens is 298 g/mol. The first-order valence-electron chi connectivity index (χ1n) is 8.26. The van der Waals surface area contributed by atoms with Crippen molar-refractivity contribution in [1.29, 1.82) is 0 Å². The molecular formula is C17H24F2N4. The molecule has 1 saturated heterocycles. The van der Waals surface area contributed by atoms with E-state index in [-0.39, 0.29) is 12.1 Å². The monoisotopic (exact) mass is 322 g/mol. The van der Waals surface area contributed by atoms with Gasteiger partial charge in [0.25, 0.3) is 0 Å². The number of nitrogens with two attached hydrogens (primary N) is 1. The Labute approximate surface area is 135 Å². The average molecular weight is 322 g/mol. The number of aliphatic imine (C=N–C) groups is 1. The molecule has 3 rings (SSSR count). The molecule has 1 saturated carbocycles. The molecule has 2 aliphatic rings. The summed E-state index contributed by atoms with van der Waals surface area (Å²) in [6.07, 6.45) is 0.158. The lowest BCUT2D eigenvalue weighted by atomic mass is 10.0. The first-order valence-corrected chi connectivity index (χ1v) is 8.26. The minimum Gasteiger partial charge on any atom is -0.370 e. The summed E-state index contributed by atoms with van der Waals surface area (Å²) in [5, 5.41) is 3.19. The number of nitrogens with one attached hydrogen (secondary N) is 1. The maximum Gasteiger partial charge on any atom is 0.243 e. The molecule has 1 aromatic rings. The molecule has 4 nitrogen and oxygen atoms in total. The molecule has 0 radical (unpaired) electrons. The third-order valence-corrected chi connectivity index (χ3v) is 4.62. The van der Waals surface area contributed by atoms with Gasteiger partial charge in [-0.3, -0.25) is 4.90 Å². The number of nitrogens with zero attached hydrogens (tertiary/aromatic N) is 2. The van der Waals surface area contributed by atoms with Crippen molar-refractivity contribution in [2.24, 2.45) is 16.6 Å². The van der Waals surface area contributed by atoms with Crippen LogP contribution in [0, 0.1) is 5.92 Å². The van der Waals surface area contributed by atoms with Crippen LogP contribution in [-0.2, 0) is 6.54 Å². The van der Waals surface area contributed by atoms with Crippen LogP contribution in [-0.4, -0.2) is 42.5 Å². The first kappa shape index (κ1) is 16.2. The zero-order chi connectivity index (χ0) is 16.2. The van der Waals surface area contributed by atoms with Gasteiger partial charge >= 0.3 is 0 Å². The number of hydrogen-bond acceptors (Lipinski definition) is 2. The molecule has 0 aromatic heterocycles. The number of benzene rings is 1. The molecule has 2 fully saturated rings. The van der Waals surface area contributed by atoms with E-state index in [9.17, 15) is 8.78 Å². The first-order chi connectivity index (χ1) is 11.1. The van der Waals surface area contributed by atoms with E-state index in [1.165, 1.54) is 5.56 Å². The highest BCUT2D eigenvalue weighted by Crippen LogP contribution is 2.38. The Kier molecular flexibility index (Phi) is 5.10. The van der Waals surface area contributed by atoms with Crippen LogP contribution in [0.2, 0.25) is 0 Å². The van der Waals surface area contributed by atoms with Crippen LogP contribution in [0.5, 0.6) is 0 Å². The third kappa shape index (κ3) is 4.64. The number of hydrogen-bond donors (Lipinski definition) is 2.